The number of hydrogen-bond donors (Lipinski definition) is 2. The van der Waals surface area contributed by atoms with Crippen LogP contribution in [0.4, 0.5) is 0 Å². The molecule has 0 bridgehead atoms. The summed E-state index contributed by atoms with van der Waals surface area (Å²) < 4.78 is 5.58. The molecule has 1 atom stereocenters. The van der Waals surface area contributed by atoms with E-state index in [0.717, 1.165) is 18.5 Å². The van der Waals surface area contributed by atoms with Crippen LogP contribution in [0.25, 0.3) is 0 Å². The van der Waals surface area contributed by atoms with Crippen molar-refractivity contribution >= 4 is 29.1 Å². The zero-order valence-corrected chi connectivity index (χ0v) is 14.1. The molecule has 0 saturated heterocycles. The van der Waals surface area contributed by atoms with Gasteiger partial charge in [0.1, 0.15) is 5.75 Å². The first-order valence-electron chi connectivity index (χ1n) is 7.08. The van der Waals surface area contributed by atoms with Crippen LogP contribution < -0.4 is 15.4 Å². The molecule has 0 aliphatic heterocycles. The number of hydrogen-bond acceptors (Lipinski definition) is 3. The van der Waals surface area contributed by atoms with Crippen molar-refractivity contribution in [1.29, 1.82) is 0 Å². The normalized spacial score (nSPS) is 12.0. The van der Waals surface area contributed by atoms with Gasteiger partial charge in [0.2, 0.25) is 0 Å². The molecule has 1 amide bonds. The van der Waals surface area contributed by atoms with Crippen molar-refractivity contribution < 1.29 is 9.53 Å². The molecule has 21 heavy (non-hydrogen) atoms. The van der Waals surface area contributed by atoms with E-state index in [4.69, 9.17) is 27.9 Å². The van der Waals surface area contributed by atoms with Gasteiger partial charge in [-0.05, 0) is 32.0 Å². The van der Waals surface area contributed by atoms with Crippen LogP contribution in [0.15, 0.2) is 12.1 Å². The number of carbonyl (C=O) groups excluding carboxylic acids is 1. The Kier molecular flexibility index (Phi) is 7.86. The van der Waals surface area contributed by atoms with Gasteiger partial charge in [-0.25, -0.2) is 0 Å². The lowest BCUT2D eigenvalue weighted by Crippen LogP contribution is -2.35. The topological polar surface area (TPSA) is 50.4 Å². The van der Waals surface area contributed by atoms with Gasteiger partial charge < -0.3 is 15.4 Å². The summed E-state index contributed by atoms with van der Waals surface area (Å²) in [5.74, 6) is 0.339. The van der Waals surface area contributed by atoms with Crippen molar-refractivity contribution in [2.24, 2.45) is 0 Å². The summed E-state index contributed by atoms with van der Waals surface area (Å²) in [7, 11) is 0. The van der Waals surface area contributed by atoms with E-state index < -0.39 is 0 Å². The molecule has 118 valence electrons. The maximum atomic E-state index is 11.8. The highest BCUT2D eigenvalue weighted by atomic mass is 35.5. The van der Waals surface area contributed by atoms with E-state index >= 15 is 0 Å². The summed E-state index contributed by atoms with van der Waals surface area (Å²) in [6.45, 7) is 7.30. The van der Waals surface area contributed by atoms with Crippen LogP contribution in [0.3, 0.4) is 0 Å². The number of benzene rings is 1. The van der Waals surface area contributed by atoms with E-state index in [0.29, 0.717) is 22.3 Å². The summed E-state index contributed by atoms with van der Waals surface area (Å²) in [6.07, 6.45) is 0.874. The van der Waals surface area contributed by atoms with Crippen molar-refractivity contribution in [2.75, 3.05) is 13.2 Å². The molecule has 0 saturated carbocycles. The lowest BCUT2D eigenvalue weighted by molar-refractivity contribution is -0.123. The first-order valence-corrected chi connectivity index (χ1v) is 7.84. The molecule has 1 unspecified atom stereocenters. The van der Waals surface area contributed by atoms with Gasteiger partial charge in [-0.1, -0.05) is 37.0 Å². The fourth-order valence-electron chi connectivity index (χ4n) is 1.72. The highest BCUT2D eigenvalue weighted by Gasteiger charge is 2.13. The molecule has 6 heteroatoms. The second kappa shape index (κ2) is 9.13. The molecule has 0 aliphatic rings. The van der Waals surface area contributed by atoms with Crippen LogP contribution in [0.5, 0.6) is 5.75 Å². The number of rotatable bonds is 8. The average molecular weight is 333 g/mol. The fraction of sp³-hybridized carbons (Fsp3) is 0.533. The van der Waals surface area contributed by atoms with Gasteiger partial charge >= 0.3 is 0 Å². The Balaban J connectivity index is 2.74. The van der Waals surface area contributed by atoms with Gasteiger partial charge in [-0.2, -0.15) is 0 Å². The second-order valence-corrected chi connectivity index (χ2v) is 5.67. The van der Waals surface area contributed by atoms with Gasteiger partial charge in [0.25, 0.3) is 5.91 Å². The molecule has 0 radical (unpaired) electrons. The number of ether oxygens (including phenoxy) is 1. The lowest BCUT2D eigenvalue weighted by Gasteiger charge is -2.15. The zero-order chi connectivity index (χ0) is 15.8. The molecule has 1 aromatic rings. The molecule has 0 fully saturated rings. The van der Waals surface area contributed by atoms with E-state index in [1.807, 2.05) is 20.8 Å². The number of carbonyl (C=O) groups is 1. The van der Waals surface area contributed by atoms with Crippen LogP contribution in [0, 0.1) is 0 Å². The highest BCUT2D eigenvalue weighted by molar-refractivity contribution is 6.35. The maximum Gasteiger partial charge on any atom is 0.258 e. The Morgan fingerprint density at radius 3 is 2.67 bits per heavy atom. The van der Waals surface area contributed by atoms with Crippen molar-refractivity contribution in [1.82, 2.24) is 10.6 Å². The maximum absolute atomic E-state index is 11.8. The minimum Gasteiger partial charge on any atom is -0.482 e. The summed E-state index contributed by atoms with van der Waals surface area (Å²) in [6, 6.07) is 3.53. The third-order valence-electron chi connectivity index (χ3n) is 3.02. The largest absolute Gasteiger partial charge is 0.482 e. The Morgan fingerprint density at radius 1 is 1.33 bits per heavy atom. The van der Waals surface area contributed by atoms with E-state index in [-0.39, 0.29) is 18.6 Å². The van der Waals surface area contributed by atoms with Gasteiger partial charge in [0, 0.05) is 23.2 Å². The summed E-state index contributed by atoms with van der Waals surface area (Å²) in [4.78, 5) is 11.8. The van der Waals surface area contributed by atoms with E-state index in [2.05, 4.69) is 10.6 Å². The Hall–Kier alpha value is -0.970. The molecule has 1 rings (SSSR count). The summed E-state index contributed by atoms with van der Waals surface area (Å²) in [5, 5.41) is 6.99. The van der Waals surface area contributed by atoms with Gasteiger partial charge in [-0.3, -0.25) is 4.79 Å². The summed E-state index contributed by atoms with van der Waals surface area (Å²) >= 11 is 12.2. The SMILES string of the molecule is CCNCc1cc(Cl)cc(Cl)c1OCC(=O)NC(C)CC. The first-order chi connectivity index (χ1) is 9.97. The van der Waals surface area contributed by atoms with Gasteiger partial charge in [0.05, 0.1) is 5.02 Å². The molecule has 1 aromatic carbocycles. The monoisotopic (exact) mass is 332 g/mol. The fourth-order valence-corrected chi connectivity index (χ4v) is 2.31. The van der Waals surface area contributed by atoms with Crippen LogP contribution in [0.1, 0.15) is 32.8 Å². The van der Waals surface area contributed by atoms with Gasteiger partial charge in [-0.15, -0.1) is 0 Å². The zero-order valence-electron chi connectivity index (χ0n) is 12.6. The van der Waals surface area contributed by atoms with Crippen LogP contribution in [-0.2, 0) is 11.3 Å². The molecular weight excluding hydrogens is 311 g/mol. The van der Waals surface area contributed by atoms with Crippen LogP contribution >= 0.6 is 23.2 Å². The van der Waals surface area contributed by atoms with E-state index in [1.54, 1.807) is 12.1 Å². The van der Waals surface area contributed by atoms with Crippen molar-refractivity contribution in [3.8, 4) is 5.75 Å². The third-order valence-corrected chi connectivity index (χ3v) is 3.52. The smallest absolute Gasteiger partial charge is 0.258 e. The molecule has 0 spiro atoms. The van der Waals surface area contributed by atoms with E-state index in [9.17, 15) is 4.79 Å². The van der Waals surface area contributed by atoms with Crippen molar-refractivity contribution in [2.45, 2.75) is 39.8 Å². The third kappa shape index (κ3) is 6.12. The molecule has 2 N–H and O–H groups in total. The number of nitrogens with one attached hydrogen (secondary N) is 2. The predicted octanol–water partition coefficient (Wildman–Crippen LogP) is 3.40. The molecule has 0 aliphatic carbocycles. The Bertz CT molecular complexity index is 481. The summed E-state index contributed by atoms with van der Waals surface area (Å²) in [5.41, 5.74) is 0.839. The number of halogens is 2. The van der Waals surface area contributed by atoms with Crippen molar-refractivity contribution in [3.05, 3.63) is 27.7 Å². The highest BCUT2D eigenvalue weighted by Crippen LogP contribution is 2.32. The Morgan fingerprint density at radius 2 is 2.05 bits per heavy atom. The Labute approximate surface area is 136 Å². The molecule has 0 aromatic heterocycles. The lowest BCUT2D eigenvalue weighted by atomic mass is 10.2. The van der Waals surface area contributed by atoms with E-state index in [1.165, 1.54) is 0 Å². The quantitative estimate of drug-likeness (QED) is 0.767. The average Bonchev–Trinajstić information content (AvgIpc) is 2.43. The molecular formula is C15H22Cl2N2O2. The molecule has 4 nitrogen and oxygen atoms in total. The standard InChI is InChI=1S/C15H22Cl2N2O2/c1-4-10(3)19-14(20)9-21-15-11(8-18-5-2)6-12(16)7-13(15)17/h6-7,10,18H,4-5,8-9H2,1-3H3,(H,19,20). The first kappa shape index (κ1) is 18.1. The van der Waals surface area contributed by atoms with Crippen LogP contribution in [0.2, 0.25) is 10.0 Å². The molecule has 0 heterocycles. The van der Waals surface area contributed by atoms with Gasteiger partial charge in [0.15, 0.2) is 6.61 Å². The van der Waals surface area contributed by atoms with Crippen molar-refractivity contribution in [3.63, 3.8) is 0 Å². The predicted molar refractivity (Wildman–Crippen MR) is 87.2 cm³/mol. The minimum atomic E-state index is -0.162. The minimum absolute atomic E-state index is 0.0647. The second-order valence-electron chi connectivity index (χ2n) is 4.82. The number of amides is 1. The van der Waals surface area contributed by atoms with Crippen LogP contribution in [-0.4, -0.2) is 25.1 Å².